The third-order valence-electron chi connectivity index (χ3n) is 3.02. The molecule has 0 fully saturated rings. The molecule has 1 rings (SSSR count). The molecule has 2 atom stereocenters. The second-order valence-electron chi connectivity index (χ2n) is 4.61. The predicted molar refractivity (Wildman–Crippen MR) is 81.9 cm³/mol. The predicted octanol–water partition coefficient (Wildman–Crippen LogP) is 3.60. The number of aliphatic hydroxyl groups is 1. The topological polar surface area (TPSA) is 53.2 Å². The van der Waals surface area contributed by atoms with Gasteiger partial charge in [0, 0.05) is 0 Å². The van der Waals surface area contributed by atoms with Crippen LogP contribution in [0.3, 0.4) is 0 Å². The zero-order valence-electron chi connectivity index (χ0n) is 12.2. The standard InChI is InChI=1S/C16H23NO2Se/c1-3-5-10-20-12-14(11-17)16(18)13-6-8-15(9-7-13)19-4-2/h6-9,14,16,18H,3-5,10,12H2,1-2H3. The molecule has 4 heteroatoms. The number of unbranched alkanes of at least 4 members (excludes halogenated alkanes) is 1. The van der Waals surface area contributed by atoms with Gasteiger partial charge in [0.2, 0.25) is 0 Å². The zero-order chi connectivity index (χ0) is 14.8. The maximum atomic E-state index is 10.3. The van der Waals surface area contributed by atoms with E-state index in [1.807, 2.05) is 31.2 Å². The molecular weight excluding hydrogens is 317 g/mol. The molecule has 0 saturated heterocycles. The van der Waals surface area contributed by atoms with E-state index in [9.17, 15) is 10.4 Å². The second-order valence-corrected chi connectivity index (χ2v) is 7.02. The van der Waals surface area contributed by atoms with Crippen LogP contribution in [0.15, 0.2) is 24.3 Å². The molecular formula is C16H23NO2Se. The fourth-order valence-electron chi connectivity index (χ4n) is 1.82. The Bertz CT molecular complexity index is 413. The van der Waals surface area contributed by atoms with E-state index < -0.39 is 6.10 Å². The SMILES string of the molecule is CCCC[Se]CC(C#N)C(O)c1ccc(OCC)cc1. The molecule has 3 nitrogen and oxygen atoms in total. The summed E-state index contributed by atoms with van der Waals surface area (Å²) in [4.78, 5) is 0. The molecule has 0 aromatic heterocycles. The fraction of sp³-hybridized carbons (Fsp3) is 0.562. The average Bonchev–Trinajstić information content (AvgIpc) is 2.48. The van der Waals surface area contributed by atoms with Gasteiger partial charge in [-0.1, -0.05) is 0 Å². The Hall–Kier alpha value is -1.01. The van der Waals surface area contributed by atoms with E-state index in [1.165, 1.54) is 18.2 Å². The van der Waals surface area contributed by atoms with Gasteiger partial charge in [-0.15, -0.1) is 0 Å². The molecule has 0 saturated carbocycles. The van der Waals surface area contributed by atoms with E-state index in [0.717, 1.165) is 16.6 Å². The van der Waals surface area contributed by atoms with Crippen LogP contribution in [0.4, 0.5) is 0 Å². The molecule has 1 aromatic carbocycles. The first-order valence-corrected chi connectivity index (χ1v) is 9.53. The van der Waals surface area contributed by atoms with E-state index >= 15 is 0 Å². The summed E-state index contributed by atoms with van der Waals surface area (Å²) in [5, 5.41) is 21.5. The van der Waals surface area contributed by atoms with Crippen molar-refractivity contribution in [2.75, 3.05) is 6.61 Å². The van der Waals surface area contributed by atoms with Crippen molar-refractivity contribution in [2.24, 2.45) is 5.92 Å². The van der Waals surface area contributed by atoms with Gasteiger partial charge in [-0.25, -0.2) is 0 Å². The monoisotopic (exact) mass is 341 g/mol. The van der Waals surface area contributed by atoms with Crippen LogP contribution in [0.2, 0.25) is 10.6 Å². The van der Waals surface area contributed by atoms with Gasteiger partial charge in [0.15, 0.2) is 0 Å². The summed E-state index contributed by atoms with van der Waals surface area (Å²) in [6, 6.07) is 9.64. The number of ether oxygens (including phenoxy) is 1. The maximum absolute atomic E-state index is 10.3. The number of benzene rings is 1. The molecule has 20 heavy (non-hydrogen) atoms. The molecule has 0 aliphatic carbocycles. The van der Waals surface area contributed by atoms with Gasteiger partial charge in [0.05, 0.1) is 0 Å². The number of aliphatic hydroxyl groups excluding tert-OH is 1. The third kappa shape index (κ3) is 5.54. The molecule has 0 aliphatic rings. The molecule has 2 unspecified atom stereocenters. The molecule has 1 N–H and O–H groups in total. The molecule has 0 heterocycles. The number of nitrogens with zero attached hydrogens (tertiary/aromatic N) is 1. The molecule has 0 spiro atoms. The second kappa shape index (κ2) is 9.82. The van der Waals surface area contributed by atoms with Crippen LogP contribution in [0.5, 0.6) is 5.75 Å². The minimum atomic E-state index is -0.695. The summed E-state index contributed by atoms with van der Waals surface area (Å²) >= 11 is 0.447. The van der Waals surface area contributed by atoms with Gasteiger partial charge in [0.25, 0.3) is 0 Å². The van der Waals surface area contributed by atoms with E-state index in [-0.39, 0.29) is 5.92 Å². The Morgan fingerprint density at radius 1 is 1.30 bits per heavy atom. The molecule has 0 bridgehead atoms. The molecule has 0 radical (unpaired) electrons. The van der Waals surface area contributed by atoms with Crippen molar-refractivity contribution in [1.82, 2.24) is 0 Å². The van der Waals surface area contributed by atoms with E-state index in [0.29, 0.717) is 21.6 Å². The first kappa shape index (κ1) is 17.0. The fourth-order valence-corrected chi connectivity index (χ4v) is 4.27. The van der Waals surface area contributed by atoms with Gasteiger partial charge in [-0.3, -0.25) is 0 Å². The molecule has 0 amide bonds. The van der Waals surface area contributed by atoms with Crippen molar-refractivity contribution in [3.8, 4) is 11.8 Å². The third-order valence-corrected chi connectivity index (χ3v) is 5.48. The Kier molecular flexibility index (Phi) is 8.37. The van der Waals surface area contributed by atoms with Gasteiger partial charge in [-0.2, -0.15) is 0 Å². The number of nitriles is 1. The van der Waals surface area contributed by atoms with Crippen molar-refractivity contribution >= 4 is 15.0 Å². The van der Waals surface area contributed by atoms with Gasteiger partial charge >= 0.3 is 128 Å². The van der Waals surface area contributed by atoms with Crippen LogP contribution < -0.4 is 4.74 Å². The van der Waals surface area contributed by atoms with Crippen molar-refractivity contribution in [3.05, 3.63) is 29.8 Å². The Morgan fingerprint density at radius 3 is 2.55 bits per heavy atom. The summed E-state index contributed by atoms with van der Waals surface area (Å²) in [6.45, 7) is 4.74. The molecule has 1 aromatic rings. The van der Waals surface area contributed by atoms with Crippen molar-refractivity contribution < 1.29 is 9.84 Å². The molecule has 110 valence electrons. The first-order valence-electron chi connectivity index (χ1n) is 7.11. The van der Waals surface area contributed by atoms with Crippen LogP contribution in [-0.4, -0.2) is 26.7 Å². The summed E-state index contributed by atoms with van der Waals surface area (Å²) < 4.78 is 5.38. The summed E-state index contributed by atoms with van der Waals surface area (Å²) in [7, 11) is 0. The van der Waals surface area contributed by atoms with Crippen LogP contribution in [-0.2, 0) is 0 Å². The van der Waals surface area contributed by atoms with Crippen LogP contribution >= 0.6 is 0 Å². The average molecular weight is 340 g/mol. The Labute approximate surface area is 128 Å². The van der Waals surface area contributed by atoms with Crippen molar-refractivity contribution in [1.29, 1.82) is 5.26 Å². The van der Waals surface area contributed by atoms with Crippen molar-refractivity contribution in [3.63, 3.8) is 0 Å². The summed E-state index contributed by atoms with van der Waals surface area (Å²) in [5.41, 5.74) is 0.797. The Morgan fingerprint density at radius 2 is 2.00 bits per heavy atom. The van der Waals surface area contributed by atoms with Gasteiger partial charge in [0.1, 0.15) is 0 Å². The number of rotatable bonds is 9. The van der Waals surface area contributed by atoms with Crippen molar-refractivity contribution in [2.45, 2.75) is 43.4 Å². The zero-order valence-corrected chi connectivity index (χ0v) is 13.9. The Balaban J connectivity index is 2.56. The van der Waals surface area contributed by atoms with E-state index in [4.69, 9.17) is 4.74 Å². The summed E-state index contributed by atoms with van der Waals surface area (Å²) in [6.07, 6.45) is 1.72. The number of hydrogen-bond donors (Lipinski definition) is 1. The van der Waals surface area contributed by atoms with Crippen LogP contribution in [0.25, 0.3) is 0 Å². The number of hydrogen-bond acceptors (Lipinski definition) is 3. The van der Waals surface area contributed by atoms with Gasteiger partial charge < -0.3 is 0 Å². The van der Waals surface area contributed by atoms with Crippen LogP contribution in [0.1, 0.15) is 38.4 Å². The summed E-state index contributed by atoms with van der Waals surface area (Å²) in [5.74, 6) is 0.494. The van der Waals surface area contributed by atoms with Gasteiger partial charge in [-0.05, 0) is 0 Å². The minimum absolute atomic E-state index is 0.301. The van der Waals surface area contributed by atoms with Crippen LogP contribution in [0, 0.1) is 17.2 Å². The normalized spacial score (nSPS) is 13.5. The quantitative estimate of drug-likeness (QED) is 0.552. The molecule has 0 aliphatic heterocycles. The van der Waals surface area contributed by atoms with E-state index in [1.54, 1.807) is 0 Å². The first-order chi connectivity index (χ1) is 9.72. The van der Waals surface area contributed by atoms with E-state index in [2.05, 4.69) is 13.0 Å².